The molecule has 0 aromatic heterocycles. The van der Waals surface area contributed by atoms with E-state index >= 15 is 0 Å². The van der Waals surface area contributed by atoms with Gasteiger partial charge in [-0.05, 0) is 98.8 Å². The van der Waals surface area contributed by atoms with E-state index in [0.29, 0.717) is 30.7 Å². The zero-order valence-corrected chi connectivity index (χ0v) is 25.9. The second-order valence-electron chi connectivity index (χ2n) is 12.1. The first-order valence-electron chi connectivity index (χ1n) is 16.1. The summed E-state index contributed by atoms with van der Waals surface area (Å²) in [6.45, 7) is 0.346. The number of alkyl halides is 5. The van der Waals surface area contributed by atoms with Crippen molar-refractivity contribution in [2.75, 3.05) is 18.1 Å². The maximum absolute atomic E-state index is 14.7. The van der Waals surface area contributed by atoms with Crippen molar-refractivity contribution >= 4 is 23.4 Å². The number of carbonyl (C=O) groups is 1. The number of ether oxygens (including phenoxy) is 2. The third-order valence-electron chi connectivity index (χ3n) is 8.46. The lowest BCUT2D eigenvalue weighted by Gasteiger charge is -2.33. The summed E-state index contributed by atoms with van der Waals surface area (Å²) < 4.78 is 77.0. The Morgan fingerprint density at radius 2 is 1.44 bits per heavy atom. The molecule has 45 heavy (non-hydrogen) atoms. The highest BCUT2D eigenvalue weighted by Crippen LogP contribution is 2.42. The number of carbonyl (C=O) groups excluding carboxylic acids is 1. The van der Waals surface area contributed by atoms with Crippen molar-refractivity contribution < 1.29 is 36.2 Å². The molecule has 0 amide bonds. The third-order valence-corrected chi connectivity index (χ3v) is 8.46. The molecule has 250 valence electrons. The third kappa shape index (κ3) is 14.1. The number of benzene rings is 2. The zero-order chi connectivity index (χ0) is 32.7. The van der Waals surface area contributed by atoms with Gasteiger partial charge in [-0.25, -0.2) is 4.79 Å². The smallest absolute Gasteiger partial charge is 0.400 e. The van der Waals surface area contributed by atoms with Crippen molar-refractivity contribution in [1.82, 2.24) is 0 Å². The predicted molar refractivity (Wildman–Crippen MR) is 169 cm³/mol. The van der Waals surface area contributed by atoms with Gasteiger partial charge >= 0.3 is 18.3 Å². The lowest BCUT2D eigenvalue weighted by atomic mass is 9.79. The SMILES string of the molecule is Nc1ccc(CCCCCCCCCCOC(=O)/C=C/c2ccc(OC(F)(F)C3CCC(CCC(F)(F)F)CC3)cc2)c(N)c1. The van der Waals surface area contributed by atoms with Crippen LogP contribution < -0.4 is 16.2 Å². The fourth-order valence-electron chi connectivity index (χ4n) is 5.75. The highest BCUT2D eigenvalue weighted by molar-refractivity contribution is 5.87. The lowest BCUT2D eigenvalue weighted by molar-refractivity contribution is -0.224. The summed E-state index contributed by atoms with van der Waals surface area (Å²) in [5.74, 6) is -1.70. The Morgan fingerprint density at radius 1 is 0.822 bits per heavy atom. The van der Waals surface area contributed by atoms with Crippen LogP contribution in [-0.2, 0) is 16.0 Å². The van der Waals surface area contributed by atoms with E-state index in [0.717, 1.165) is 56.2 Å². The summed E-state index contributed by atoms with van der Waals surface area (Å²) in [6, 6.07) is 11.6. The van der Waals surface area contributed by atoms with Crippen LogP contribution in [0.1, 0.15) is 101 Å². The number of anilines is 2. The van der Waals surface area contributed by atoms with Gasteiger partial charge in [-0.1, -0.05) is 56.7 Å². The van der Waals surface area contributed by atoms with E-state index in [1.165, 1.54) is 31.1 Å². The van der Waals surface area contributed by atoms with Crippen LogP contribution in [0, 0.1) is 11.8 Å². The van der Waals surface area contributed by atoms with E-state index in [2.05, 4.69) is 0 Å². The van der Waals surface area contributed by atoms with Gasteiger partial charge in [-0.2, -0.15) is 22.0 Å². The molecule has 3 rings (SSSR count). The van der Waals surface area contributed by atoms with E-state index in [4.69, 9.17) is 20.9 Å². The van der Waals surface area contributed by atoms with Gasteiger partial charge in [0.25, 0.3) is 0 Å². The summed E-state index contributed by atoms with van der Waals surface area (Å²) >= 11 is 0. The summed E-state index contributed by atoms with van der Waals surface area (Å²) in [5.41, 5.74) is 15.0. The van der Waals surface area contributed by atoms with Crippen molar-refractivity contribution in [3.05, 3.63) is 59.7 Å². The molecule has 2 aromatic carbocycles. The molecule has 2 aromatic rings. The second kappa shape index (κ2) is 18.0. The molecule has 0 unspecified atom stereocenters. The fraction of sp³-hybridized carbons (Fsp3) is 0.571. The Morgan fingerprint density at radius 3 is 2.07 bits per heavy atom. The van der Waals surface area contributed by atoms with Gasteiger partial charge in [0.15, 0.2) is 0 Å². The number of hydrogen-bond donors (Lipinski definition) is 2. The van der Waals surface area contributed by atoms with Gasteiger partial charge in [0, 0.05) is 23.9 Å². The number of nitrogens with two attached hydrogens (primary N) is 2. The van der Waals surface area contributed by atoms with Crippen LogP contribution in [0.25, 0.3) is 6.08 Å². The van der Waals surface area contributed by atoms with Crippen LogP contribution in [0.5, 0.6) is 5.75 Å². The van der Waals surface area contributed by atoms with Gasteiger partial charge in [0.05, 0.1) is 12.5 Å². The van der Waals surface area contributed by atoms with Crippen LogP contribution in [0.3, 0.4) is 0 Å². The normalized spacial score (nSPS) is 17.4. The van der Waals surface area contributed by atoms with Crippen LogP contribution >= 0.6 is 0 Å². The van der Waals surface area contributed by atoms with Crippen LogP contribution in [0.4, 0.5) is 33.3 Å². The zero-order valence-electron chi connectivity index (χ0n) is 25.9. The van der Waals surface area contributed by atoms with Crippen molar-refractivity contribution in [3.8, 4) is 5.75 Å². The van der Waals surface area contributed by atoms with Crippen LogP contribution in [-0.4, -0.2) is 24.9 Å². The molecule has 1 fully saturated rings. The van der Waals surface area contributed by atoms with Crippen molar-refractivity contribution in [2.24, 2.45) is 11.8 Å². The van der Waals surface area contributed by atoms with E-state index in [-0.39, 0.29) is 30.9 Å². The Hall–Kier alpha value is -3.30. The van der Waals surface area contributed by atoms with Crippen molar-refractivity contribution in [2.45, 2.75) is 109 Å². The minimum atomic E-state index is -4.22. The Balaban J connectivity index is 1.22. The maximum atomic E-state index is 14.7. The Kier molecular flexibility index (Phi) is 14.5. The van der Waals surface area contributed by atoms with E-state index in [9.17, 15) is 26.7 Å². The molecule has 0 aliphatic heterocycles. The average molecular weight is 639 g/mol. The first kappa shape index (κ1) is 36.2. The van der Waals surface area contributed by atoms with Crippen molar-refractivity contribution in [1.29, 1.82) is 0 Å². The molecule has 0 heterocycles. The van der Waals surface area contributed by atoms with Crippen molar-refractivity contribution in [3.63, 3.8) is 0 Å². The number of hydrogen-bond acceptors (Lipinski definition) is 5. The van der Waals surface area contributed by atoms with E-state index in [1.54, 1.807) is 24.3 Å². The molecule has 0 bridgehead atoms. The molecule has 1 aliphatic carbocycles. The summed E-state index contributed by atoms with van der Waals surface area (Å²) in [6.07, 6.45) is 4.88. The number of aryl methyl sites for hydroxylation is 1. The molecule has 0 spiro atoms. The molecule has 1 aliphatic rings. The standard InChI is InChI=1S/C35H47F5N2O3/c36-34(37,38)23-22-27-10-16-29(17-11-27)35(39,40)45-31-19-12-26(13-20-31)14-21-33(43)44-24-8-6-4-2-1-3-5-7-9-28-15-18-30(41)25-32(28)42/h12-15,18-21,25,27,29H,1-11,16-17,22-24,41-42H2/b21-14+. The molecule has 1 saturated carbocycles. The Bertz CT molecular complexity index is 1190. The first-order valence-corrected chi connectivity index (χ1v) is 16.1. The van der Waals surface area contributed by atoms with E-state index < -0.39 is 30.6 Å². The fourth-order valence-corrected chi connectivity index (χ4v) is 5.75. The maximum Gasteiger partial charge on any atom is 0.400 e. The highest BCUT2D eigenvalue weighted by atomic mass is 19.4. The molecular formula is C35H47F5N2O3. The average Bonchev–Trinajstić information content (AvgIpc) is 2.99. The number of esters is 1. The largest absolute Gasteiger partial charge is 0.463 e. The molecule has 10 heteroatoms. The predicted octanol–water partition coefficient (Wildman–Crippen LogP) is 9.89. The highest BCUT2D eigenvalue weighted by Gasteiger charge is 2.44. The minimum absolute atomic E-state index is 0.0118. The summed E-state index contributed by atoms with van der Waals surface area (Å²) in [7, 11) is 0. The summed E-state index contributed by atoms with van der Waals surface area (Å²) in [4.78, 5) is 12.0. The Labute approximate surface area is 263 Å². The number of halogens is 5. The second-order valence-corrected chi connectivity index (χ2v) is 12.1. The monoisotopic (exact) mass is 638 g/mol. The quantitative estimate of drug-likeness (QED) is 0.0558. The van der Waals surface area contributed by atoms with Gasteiger partial charge in [0.2, 0.25) is 0 Å². The van der Waals surface area contributed by atoms with Crippen LogP contribution in [0.15, 0.2) is 48.5 Å². The molecule has 0 saturated heterocycles. The lowest BCUT2D eigenvalue weighted by Crippen LogP contribution is -2.37. The molecule has 0 radical (unpaired) electrons. The van der Waals surface area contributed by atoms with Crippen LogP contribution in [0.2, 0.25) is 0 Å². The van der Waals surface area contributed by atoms with Gasteiger partial charge in [-0.3, -0.25) is 0 Å². The molecule has 4 N–H and O–H groups in total. The topological polar surface area (TPSA) is 87.6 Å². The minimum Gasteiger partial charge on any atom is -0.463 e. The van der Waals surface area contributed by atoms with Gasteiger partial charge in [0.1, 0.15) is 5.75 Å². The van der Waals surface area contributed by atoms with Gasteiger partial charge < -0.3 is 20.9 Å². The number of unbranched alkanes of at least 4 members (excludes halogenated alkanes) is 7. The first-order chi connectivity index (χ1) is 21.4. The molecule has 5 nitrogen and oxygen atoms in total. The van der Waals surface area contributed by atoms with Gasteiger partial charge in [-0.15, -0.1) is 0 Å². The summed E-state index contributed by atoms with van der Waals surface area (Å²) in [5, 5.41) is 0. The van der Waals surface area contributed by atoms with E-state index in [1.807, 2.05) is 12.1 Å². The number of rotatable bonds is 18. The molecular weight excluding hydrogens is 591 g/mol. The molecule has 0 atom stereocenters. The number of nitrogen functional groups attached to an aromatic ring is 2.